The fraction of sp³-hybridized carbons (Fsp3) is 0.643. The fourth-order valence-corrected chi connectivity index (χ4v) is 1.98. The van der Waals surface area contributed by atoms with Gasteiger partial charge in [0.05, 0.1) is 18.6 Å². The topological polar surface area (TPSA) is 214 Å². The molecule has 0 radical (unpaired) electrons. The van der Waals surface area contributed by atoms with E-state index in [0.29, 0.717) is 0 Å². The Morgan fingerprint density at radius 2 is 1.56 bits per heavy atom. The number of carboxylic acids is 1. The molecular weight excluding hydrogens is 382 g/mol. The summed E-state index contributed by atoms with van der Waals surface area (Å²) < 4.78 is 0. The monoisotopic (exact) mass is 407 g/mol. The van der Waals surface area contributed by atoms with Crippen molar-refractivity contribution in [1.82, 2.24) is 16.0 Å². The van der Waals surface area contributed by atoms with Crippen LogP contribution in [0.25, 0.3) is 0 Å². The zero-order valence-electron chi connectivity index (χ0n) is 14.8. The number of nitrogens with two attached hydrogens (primary N) is 2. The fourth-order valence-electron chi connectivity index (χ4n) is 1.82. The highest BCUT2D eigenvalue weighted by Gasteiger charge is 2.31. The van der Waals surface area contributed by atoms with E-state index in [1.54, 1.807) is 0 Å². The number of amides is 4. The number of primary amides is 1. The highest BCUT2D eigenvalue weighted by molar-refractivity contribution is 7.80. The molecular formula is C14H25N5O7S. The lowest BCUT2D eigenvalue weighted by atomic mass is 10.1. The Hall–Kier alpha value is -2.38. The van der Waals surface area contributed by atoms with Gasteiger partial charge in [0, 0.05) is 5.75 Å². The molecule has 4 amide bonds. The van der Waals surface area contributed by atoms with Gasteiger partial charge >= 0.3 is 5.97 Å². The van der Waals surface area contributed by atoms with Crippen LogP contribution in [0.3, 0.4) is 0 Å². The molecule has 0 aromatic heterocycles. The van der Waals surface area contributed by atoms with Crippen LogP contribution in [0.1, 0.15) is 20.3 Å². The van der Waals surface area contributed by atoms with Gasteiger partial charge in [-0.2, -0.15) is 12.6 Å². The number of hydrogen-bond donors (Lipinski definition) is 8. The number of rotatable bonds is 11. The molecule has 0 fully saturated rings. The Bertz CT molecular complexity index is 586. The number of aliphatic hydroxyl groups is 1. The van der Waals surface area contributed by atoms with Gasteiger partial charge in [0.2, 0.25) is 23.6 Å². The molecule has 0 aliphatic heterocycles. The molecule has 0 saturated carbocycles. The van der Waals surface area contributed by atoms with Gasteiger partial charge in [-0.05, 0) is 13.8 Å². The summed E-state index contributed by atoms with van der Waals surface area (Å²) >= 11 is 3.85. The molecule has 12 nitrogen and oxygen atoms in total. The molecule has 13 heteroatoms. The van der Waals surface area contributed by atoms with Gasteiger partial charge in [-0.15, -0.1) is 0 Å². The zero-order chi connectivity index (χ0) is 21.3. The second-order valence-electron chi connectivity index (χ2n) is 5.82. The molecule has 0 spiro atoms. The minimum Gasteiger partial charge on any atom is -0.480 e. The predicted octanol–water partition coefficient (Wildman–Crippen LogP) is -3.94. The molecule has 0 aromatic carbocycles. The summed E-state index contributed by atoms with van der Waals surface area (Å²) in [5, 5.41) is 24.9. The minimum absolute atomic E-state index is 0.0444. The Balaban J connectivity index is 5.11. The highest BCUT2D eigenvalue weighted by atomic mass is 32.1. The van der Waals surface area contributed by atoms with E-state index in [0.717, 1.165) is 6.92 Å². The maximum Gasteiger partial charge on any atom is 0.328 e. The molecule has 27 heavy (non-hydrogen) atoms. The van der Waals surface area contributed by atoms with E-state index in [-0.39, 0.29) is 5.75 Å². The van der Waals surface area contributed by atoms with E-state index in [4.69, 9.17) is 16.6 Å². The molecule has 0 aromatic rings. The minimum atomic E-state index is -1.66. The standard InChI is InChI=1S/C14H25N5O7S/c1-5(17-12(23)7(15)4-27)11(22)18-8(3-9(16)21)13(24)19-10(6(2)20)14(25)26/h5-8,10,20,27H,3-4,15H2,1-2H3,(H2,16,21)(H,17,23)(H,18,22)(H,19,24)(H,25,26). The quantitative estimate of drug-likeness (QED) is 0.158. The van der Waals surface area contributed by atoms with Crippen LogP contribution in [0.4, 0.5) is 0 Å². The van der Waals surface area contributed by atoms with Crippen LogP contribution in [0.5, 0.6) is 0 Å². The first-order chi connectivity index (χ1) is 12.4. The Morgan fingerprint density at radius 1 is 1.00 bits per heavy atom. The average Bonchev–Trinajstić information content (AvgIpc) is 2.56. The third kappa shape index (κ3) is 8.70. The van der Waals surface area contributed by atoms with Crippen LogP contribution in [-0.2, 0) is 24.0 Å². The van der Waals surface area contributed by atoms with Crippen molar-refractivity contribution in [1.29, 1.82) is 0 Å². The van der Waals surface area contributed by atoms with Gasteiger partial charge in [-0.1, -0.05) is 0 Å². The van der Waals surface area contributed by atoms with Crippen LogP contribution in [0, 0.1) is 0 Å². The van der Waals surface area contributed by atoms with E-state index in [2.05, 4.69) is 23.3 Å². The molecule has 9 N–H and O–H groups in total. The van der Waals surface area contributed by atoms with Gasteiger partial charge in [0.1, 0.15) is 12.1 Å². The van der Waals surface area contributed by atoms with E-state index in [1.165, 1.54) is 6.92 Å². The summed E-state index contributed by atoms with van der Waals surface area (Å²) in [4.78, 5) is 58.2. The van der Waals surface area contributed by atoms with Crippen LogP contribution in [-0.4, -0.2) is 75.8 Å². The second-order valence-corrected chi connectivity index (χ2v) is 6.18. The van der Waals surface area contributed by atoms with E-state index in [1.807, 2.05) is 5.32 Å². The van der Waals surface area contributed by atoms with Crippen molar-refractivity contribution >= 4 is 42.2 Å². The number of nitrogens with one attached hydrogen (secondary N) is 3. The van der Waals surface area contributed by atoms with Gasteiger partial charge in [-0.25, -0.2) is 4.79 Å². The van der Waals surface area contributed by atoms with E-state index >= 15 is 0 Å². The second kappa shape index (κ2) is 11.4. The average molecular weight is 407 g/mol. The number of hydrogen-bond acceptors (Lipinski definition) is 8. The van der Waals surface area contributed by atoms with Gasteiger partial charge in [0.25, 0.3) is 0 Å². The number of thiol groups is 1. The van der Waals surface area contributed by atoms with Gasteiger partial charge in [-0.3, -0.25) is 19.2 Å². The molecule has 154 valence electrons. The summed E-state index contributed by atoms with van der Waals surface area (Å²) in [5.41, 5.74) is 10.5. The number of aliphatic carboxylic acids is 1. The Kier molecular flexibility index (Phi) is 10.4. The van der Waals surface area contributed by atoms with Crippen molar-refractivity contribution in [2.75, 3.05) is 5.75 Å². The lowest BCUT2D eigenvalue weighted by Crippen LogP contribution is -2.58. The van der Waals surface area contributed by atoms with Crippen LogP contribution < -0.4 is 27.4 Å². The van der Waals surface area contributed by atoms with Gasteiger partial charge in [0.15, 0.2) is 6.04 Å². The zero-order valence-corrected chi connectivity index (χ0v) is 15.7. The highest BCUT2D eigenvalue weighted by Crippen LogP contribution is 1.99. The number of aliphatic hydroxyl groups excluding tert-OH is 1. The maximum atomic E-state index is 12.2. The first kappa shape index (κ1) is 24.6. The summed E-state index contributed by atoms with van der Waals surface area (Å²) in [5.74, 6) is -4.93. The molecule has 0 aliphatic rings. The molecule has 0 aliphatic carbocycles. The third-order valence-corrected chi connectivity index (χ3v) is 3.76. The van der Waals surface area contributed by atoms with E-state index in [9.17, 15) is 29.1 Å². The number of carbonyl (C=O) groups excluding carboxylic acids is 4. The van der Waals surface area contributed by atoms with Crippen molar-refractivity contribution in [2.24, 2.45) is 11.5 Å². The third-order valence-electron chi connectivity index (χ3n) is 3.37. The summed E-state index contributed by atoms with van der Waals surface area (Å²) in [6.07, 6.45) is -2.06. The first-order valence-electron chi connectivity index (χ1n) is 7.87. The molecule has 0 rings (SSSR count). The van der Waals surface area contributed by atoms with Crippen LogP contribution in [0.2, 0.25) is 0 Å². The predicted molar refractivity (Wildman–Crippen MR) is 96.4 cm³/mol. The SMILES string of the molecule is CC(NC(=O)C(N)CS)C(=O)NC(CC(N)=O)C(=O)NC(C(=O)O)C(C)O. The molecule has 0 heterocycles. The van der Waals surface area contributed by atoms with Crippen molar-refractivity contribution in [3.05, 3.63) is 0 Å². The maximum absolute atomic E-state index is 12.2. The summed E-state index contributed by atoms with van der Waals surface area (Å²) in [6, 6.07) is -5.22. The molecule has 5 unspecified atom stereocenters. The van der Waals surface area contributed by atoms with Crippen molar-refractivity contribution in [2.45, 2.75) is 50.5 Å². The molecule has 0 bridgehead atoms. The normalized spacial score (nSPS) is 16.2. The Labute approximate surface area is 160 Å². The van der Waals surface area contributed by atoms with Crippen molar-refractivity contribution in [3.63, 3.8) is 0 Å². The summed E-state index contributed by atoms with van der Waals surface area (Å²) in [6.45, 7) is 2.45. The lowest BCUT2D eigenvalue weighted by Gasteiger charge is -2.23. The molecule has 0 saturated heterocycles. The smallest absolute Gasteiger partial charge is 0.328 e. The number of carbonyl (C=O) groups is 5. The van der Waals surface area contributed by atoms with Gasteiger partial charge < -0.3 is 37.6 Å². The lowest BCUT2D eigenvalue weighted by molar-refractivity contribution is -0.145. The first-order valence-corrected chi connectivity index (χ1v) is 8.50. The number of carboxylic acid groups (broad SMARTS) is 1. The van der Waals surface area contributed by atoms with Crippen LogP contribution in [0.15, 0.2) is 0 Å². The van der Waals surface area contributed by atoms with Crippen molar-refractivity contribution in [3.8, 4) is 0 Å². The largest absolute Gasteiger partial charge is 0.480 e. The Morgan fingerprint density at radius 3 is 1.96 bits per heavy atom. The molecule has 5 atom stereocenters. The van der Waals surface area contributed by atoms with Crippen LogP contribution >= 0.6 is 12.6 Å². The summed E-state index contributed by atoms with van der Waals surface area (Å²) in [7, 11) is 0. The van der Waals surface area contributed by atoms with E-state index < -0.39 is 66.3 Å². The van der Waals surface area contributed by atoms with Crippen molar-refractivity contribution < 1.29 is 34.2 Å².